The summed E-state index contributed by atoms with van der Waals surface area (Å²) in [5.74, 6) is 0.340. The lowest BCUT2D eigenvalue weighted by molar-refractivity contribution is 0.122. The second-order valence-electron chi connectivity index (χ2n) is 2.63. The second-order valence-corrected chi connectivity index (χ2v) is 2.63. The molecule has 0 saturated carbocycles. The number of H-pyrrole nitrogens is 1. The molecular weight excluding hydrogens is 170 g/mol. The van der Waals surface area contributed by atoms with Crippen LogP contribution < -0.4 is 10.5 Å². The lowest BCUT2D eigenvalue weighted by Crippen LogP contribution is -2.37. The third-order valence-electron chi connectivity index (χ3n) is 1.76. The van der Waals surface area contributed by atoms with Crippen LogP contribution in [0.1, 0.15) is 2.74 Å². The molecule has 0 unspecified atom stereocenters. The Balaban J connectivity index is 2.33. The number of nitrogens with one attached hydrogen (secondary N) is 1. The van der Waals surface area contributed by atoms with Gasteiger partial charge in [0.25, 0.3) is 5.56 Å². The van der Waals surface area contributed by atoms with E-state index < -0.39 is 6.50 Å². The van der Waals surface area contributed by atoms with Crippen LogP contribution >= 0.6 is 0 Å². The van der Waals surface area contributed by atoms with Crippen molar-refractivity contribution < 1.29 is 7.48 Å². The van der Waals surface area contributed by atoms with Gasteiger partial charge in [-0.05, 0) is 0 Å². The summed E-state index contributed by atoms with van der Waals surface area (Å²) >= 11 is 0. The molecule has 1 aromatic rings. The fourth-order valence-corrected chi connectivity index (χ4v) is 1.13. The minimum absolute atomic E-state index is 0.0124. The first-order valence-corrected chi connectivity index (χ1v) is 4.00. The van der Waals surface area contributed by atoms with Crippen molar-refractivity contribution in [1.82, 2.24) is 9.97 Å². The van der Waals surface area contributed by atoms with Gasteiger partial charge in [0.05, 0.1) is 22.3 Å². The van der Waals surface area contributed by atoms with Crippen molar-refractivity contribution in [1.29, 1.82) is 0 Å². The van der Waals surface area contributed by atoms with Gasteiger partial charge in [-0.2, -0.15) is 0 Å². The molecular formula is C8H11N3O2. The van der Waals surface area contributed by atoms with E-state index in [2.05, 4.69) is 9.97 Å². The number of ether oxygens (including phenoxy) is 1. The standard InChI is InChI=1S/C8H11N3O2/c12-8-5-7(9-6-10-8)11-1-3-13-4-2-11/h5-6H,1-4H2,(H,9,10,12)/i1D2. The molecule has 1 aliphatic heterocycles. The van der Waals surface area contributed by atoms with Crippen molar-refractivity contribution in [2.24, 2.45) is 0 Å². The molecule has 13 heavy (non-hydrogen) atoms. The van der Waals surface area contributed by atoms with Gasteiger partial charge in [-0.3, -0.25) is 4.79 Å². The van der Waals surface area contributed by atoms with Crippen molar-refractivity contribution >= 4 is 5.82 Å². The molecule has 0 radical (unpaired) electrons. The van der Waals surface area contributed by atoms with Crippen LogP contribution in [0, 0.1) is 0 Å². The molecule has 0 aliphatic carbocycles. The van der Waals surface area contributed by atoms with Gasteiger partial charge in [0.15, 0.2) is 0 Å². The van der Waals surface area contributed by atoms with Gasteiger partial charge in [0, 0.05) is 19.1 Å². The first-order chi connectivity index (χ1) is 7.09. The van der Waals surface area contributed by atoms with Crippen LogP contribution in [0.3, 0.4) is 0 Å². The Labute approximate surface area is 78.2 Å². The average molecular weight is 183 g/mol. The zero-order valence-electron chi connectivity index (χ0n) is 8.99. The first-order valence-electron chi connectivity index (χ1n) is 5.00. The topological polar surface area (TPSA) is 58.2 Å². The SMILES string of the molecule is [2H]C1([2H])COCCN1c1cc(=O)[nH]cn1. The quantitative estimate of drug-likeness (QED) is 0.644. The summed E-state index contributed by atoms with van der Waals surface area (Å²) in [6.45, 7) is -0.794. The molecule has 70 valence electrons. The van der Waals surface area contributed by atoms with Gasteiger partial charge in [-0.25, -0.2) is 4.98 Å². The molecule has 1 fully saturated rings. The van der Waals surface area contributed by atoms with Crippen molar-refractivity contribution in [3.63, 3.8) is 0 Å². The summed E-state index contributed by atoms with van der Waals surface area (Å²) in [6, 6.07) is 1.28. The predicted molar refractivity (Wildman–Crippen MR) is 47.9 cm³/mol. The molecule has 0 atom stereocenters. The molecule has 1 aliphatic rings. The van der Waals surface area contributed by atoms with E-state index >= 15 is 0 Å². The highest BCUT2D eigenvalue weighted by molar-refractivity contribution is 5.36. The third kappa shape index (κ3) is 1.86. The van der Waals surface area contributed by atoms with Crippen molar-refractivity contribution in [2.75, 3.05) is 31.2 Å². The normalized spacial score (nSPS) is 23.5. The monoisotopic (exact) mass is 183 g/mol. The van der Waals surface area contributed by atoms with E-state index in [1.54, 1.807) is 0 Å². The lowest BCUT2D eigenvalue weighted by atomic mass is 10.4. The summed E-state index contributed by atoms with van der Waals surface area (Å²) in [7, 11) is 0. The van der Waals surface area contributed by atoms with Crippen LogP contribution in [-0.2, 0) is 4.74 Å². The molecule has 2 rings (SSSR count). The molecule has 0 aromatic carbocycles. The molecule has 0 spiro atoms. The Bertz CT molecular complexity index is 407. The van der Waals surface area contributed by atoms with Crippen LogP contribution in [-0.4, -0.2) is 36.2 Å². The molecule has 5 nitrogen and oxygen atoms in total. The molecule has 0 bridgehead atoms. The van der Waals surface area contributed by atoms with Gasteiger partial charge in [-0.1, -0.05) is 0 Å². The molecule has 2 heterocycles. The maximum atomic E-state index is 11.1. The van der Waals surface area contributed by atoms with Crippen molar-refractivity contribution in [2.45, 2.75) is 0 Å². The van der Waals surface area contributed by atoms with Gasteiger partial charge < -0.3 is 14.6 Å². The number of aromatic nitrogens is 2. The highest BCUT2D eigenvalue weighted by Gasteiger charge is 2.11. The summed E-state index contributed by atoms with van der Waals surface area (Å²) in [4.78, 5) is 18.8. The summed E-state index contributed by atoms with van der Waals surface area (Å²) < 4.78 is 20.4. The van der Waals surface area contributed by atoms with E-state index in [0.29, 0.717) is 19.0 Å². The second kappa shape index (κ2) is 3.57. The predicted octanol–water partition coefficient (Wildman–Crippen LogP) is -0.393. The van der Waals surface area contributed by atoms with E-state index in [0.717, 1.165) is 0 Å². The number of hydrogen-bond acceptors (Lipinski definition) is 4. The number of morpholine rings is 1. The van der Waals surface area contributed by atoms with E-state index in [4.69, 9.17) is 7.48 Å². The number of aromatic amines is 1. The minimum Gasteiger partial charge on any atom is -0.378 e. The van der Waals surface area contributed by atoms with E-state index in [9.17, 15) is 4.79 Å². The molecule has 0 amide bonds. The maximum Gasteiger partial charge on any atom is 0.252 e. The van der Waals surface area contributed by atoms with Crippen LogP contribution in [0.15, 0.2) is 17.2 Å². The summed E-state index contributed by atoms with van der Waals surface area (Å²) in [6.07, 6.45) is 1.27. The number of hydrogen-bond donors (Lipinski definition) is 1. The number of anilines is 1. The Kier molecular flexibility index (Phi) is 1.69. The molecule has 1 saturated heterocycles. The Hall–Kier alpha value is -1.36. The van der Waals surface area contributed by atoms with Crippen LogP contribution in [0.5, 0.6) is 0 Å². The maximum absolute atomic E-state index is 11.1. The first kappa shape index (κ1) is 6.15. The Morgan fingerprint density at radius 1 is 1.69 bits per heavy atom. The van der Waals surface area contributed by atoms with Gasteiger partial charge in [-0.15, -0.1) is 0 Å². The zero-order valence-corrected chi connectivity index (χ0v) is 6.99. The average Bonchev–Trinajstić information content (AvgIpc) is 2.17. The van der Waals surface area contributed by atoms with Crippen LogP contribution in [0.4, 0.5) is 5.82 Å². The van der Waals surface area contributed by atoms with Crippen molar-refractivity contribution in [3.8, 4) is 0 Å². The Morgan fingerprint density at radius 2 is 2.62 bits per heavy atom. The van der Waals surface area contributed by atoms with Crippen LogP contribution in [0.25, 0.3) is 0 Å². The van der Waals surface area contributed by atoms with Crippen molar-refractivity contribution in [3.05, 3.63) is 22.7 Å². The summed E-state index contributed by atoms with van der Waals surface area (Å²) in [5, 5.41) is 0. The van der Waals surface area contributed by atoms with Crippen LogP contribution in [0.2, 0.25) is 0 Å². The largest absolute Gasteiger partial charge is 0.378 e. The van der Waals surface area contributed by atoms with Gasteiger partial charge in [0.2, 0.25) is 0 Å². The minimum atomic E-state index is -1.61. The highest BCUT2D eigenvalue weighted by atomic mass is 16.5. The summed E-state index contributed by atoms with van der Waals surface area (Å²) in [5.41, 5.74) is -0.290. The van der Waals surface area contributed by atoms with E-state index in [1.807, 2.05) is 0 Å². The molecule has 1 aromatic heterocycles. The highest BCUT2D eigenvalue weighted by Crippen LogP contribution is 2.07. The number of rotatable bonds is 1. The van der Waals surface area contributed by atoms with Gasteiger partial charge >= 0.3 is 0 Å². The lowest BCUT2D eigenvalue weighted by Gasteiger charge is -2.27. The number of nitrogens with zero attached hydrogens (tertiary/aromatic N) is 2. The fourth-order valence-electron chi connectivity index (χ4n) is 1.13. The third-order valence-corrected chi connectivity index (χ3v) is 1.76. The molecule has 5 heteroatoms. The van der Waals surface area contributed by atoms with E-state index in [1.165, 1.54) is 17.3 Å². The smallest absolute Gasteiger partial charge is 0.252 e. The molecule has 1 N–H and O–H groups in total. The van der Waals surface area contributed by atoms with Gasteiger partial charge in [0.1, 0.15) is 5.82 Å². The van der Waals surface area contributed by atoms with E-state index in [-0.39, 0.29) is 12.2 Å². The fraction of sp³-hybridized carbons (Fsp3) is 0.500. The Morgan fingerprint density at radius 3 is 3.38 bits per heavy atom. The zero-order chi connectivity index (χ0) is 10.9.